The van der Waals surface area contributed by atoms with Gasteiger partial charge in [-0.1, -0.05) is 113 Å². The Morgan fingerprint density at radius 2 is 1.13 bits per heavy atom. The molecule has 2 heterocycles. The lowest BCUT2D eigenvalue weighted by atomic mass is 9.30. The molecule has 182 valence electrons. The van der Waals surface area contributed by atoms with E-state index in [1.54, 1.807) is 11.0 Å². The van der Waals surface area contributed by atoms with Gasteiger partial charge in [0.15, 0.2) is 0 Å². The van der Waals surface area contributed by atoms with Gasteiger partial charge < -0.3 is 0 Å². The van der Waals surface area contributed by atoms with Crippen LogP contribution in [0.1, 0.15) is 50.1 Å². The van der Waals surface area contributed by atoms with E-state index in [4.69, 9.17) is 0 Å². The van der Waals surface area contributed by atoms with Gasteiger partial charge in [0.25, 0.3) is 0 Å². The van der Waals surface area contributed by atoms with Crippen molar-refractivity contribution in [3.8, 4) is 11.1 Å². The lowest BCUT2D eigenvalue weighted by Gasteiger charge is -2.35. The minimum Gasteiger partial charge on any atom is -0.0667 e. The first kappa shape index (κ1) is 22.2. The smallest absolute Gasteiger partial charge is 0.0667 e. The normalized spacial score (nSPS) is 14.8. The zero-order chi connectivity index (χ0) is 25.2. The van der Waals surface area contributed by atoms with Crippen LogP contribution in [0.4, 0.5) is 0 Å². The molecule has 4 aliphatic carbocycles. The largest absolute Gasteiger partial charge is 0.242 e. The average molecular weight is 486 g/mol. The molecule has 1 heteroatoms. The molecule has 0 nitrogen and oxygen atoms in total. The zero-order valence-corrected chi connectivity index (χ0v) is 22.1. The lowest BCUT2D eigenvalue weighted by molar-refractivity contribution is 0.913. The van der Waals surface area contributed by atoms with E-state index in [2.05, 4.69) is 104 Å². The van der Waals surface area contributed by atoms with Gasteiger partial charge in [0.2, 0.25) is 6.71 Å². The molecule has 5 aromatic rings. The molecule has 0 fully saturated rings. The minimum atomic E-state index is 0.340. The molecule has 0 saturated carbocycles. The number of benzene rings is 5. The highest BCUT2D eigenvalue weighted by Crippen LogP contribution is 2.34. The zero-order valence-electron chi connectivity index (χ0n) is 22.1. The summed E-state index contributed by atoms with van der Waals surface area (Å²) in [6.07, 6.45) is 6.43. The number of hydrogen-bond acceptors (Lipinski definition) is 0. The fourth-order valence-corrected chi connectivity index (χ4v) is 7.50. The van der Waals surface area contributed by atoms with Crippen molar-refractivity contribution in [2.45, 2.75) is 45.4 Å². The molecular formula is C37H31B. The Balaban J connectivity index is 1.33. The standard InChI is InChI=1S/C37H31B/c1-24-20-25-10-11-26-13-15-28(17-16-27(24)14-12-25)33(21-26)32-19-18-31-22-29-6-2-4-8-35(29)38-36-9-5-3-7-30(36)23-34(32)37(31)38/h2-9,12-15,18-21H,10-11,16-17,22-23H2,1H3. The summed E-state index contributed by atoms with van der Waals surface area (Å²) in [5, 5.41) is 0. The second kappa shape index (κ2) is 8.60. The molecule has 38 heavy (non-hydrogen) atoms. The Hall–Kier alpha value is -3.84. The van der Waals surface area contributed by atoms with Gasteiger partial charge in [-0.2, -0.15) is 0 Å². The SMILES string of the molecule is Cc1cc2ccc1CCc1ccc(cc1-c1ccc3c4c1Cc1ccccc1B4c1ccccc1C3)CC2. The minimum absolute atomic E-state index is 0.340. The highest BCUT2D eigenvalue weighted by atomic mass is 14.3. The highest BCUT2D eigenvalue weighted by Gasteiger charge is 2.37. The Morgan fingerprint density at radius 1 is 0.500 bits per heavy atom. The molecule has 6 aliphatic rings. The molecule has 5 aromatic carbocycles. The van der Waals surface area contributed by atoms with Gasteiger partial charge in [-0.3, -0.25) is 0 Å². The van der Waals surface area contributed by atoms with Gasteiger partial charge in [0.05, 0.1) is 0 Å². The van der Waals surface area contributed by atoms with E-state index in [9.17, 15) is 0 Å². The second-order valence-electron chi connectivity index (χ2n) is 11.6. The maximum absolute atomic E-state index is 2.53. The summed E-state index contributed by atoms with van der Waals surface area (Å²) in [6.45, 7) is 2.63. The van der Waals surface area contributed by atoms with Gasteiger partial charge in [-0.05, 0) is 107 Å². The van der Waals surface area contributed by atoms with E-state index in [1.165, 1.54) is 66.6 Å². The van der Waals surface area contributed by atoms with Crippen LogP contribution in [0.3, 0.4) is 0 Å². The maximum atomic E-state index is 2.53. The predicted molar refractivity (Wildman–Crippen MR) is 161 cm³/mol. The van der Waals surface area contributed by atoms with Gasteiger partial charge in [-0.25, -0.2) is 0 Å². The van der Waals surface area contributed by atoms with Crippen molar-refractivity contribution in [2.75, 3.05) is 0 Å². The molecular weight excluding hydrogens is 455 g/mol. The molecule has 0 N–H and O–H groups in total. The highest BCUT2D eigenvalue weighted by molar-refractivity contribution is 6.97. The van der Waals surface area contributed by atoms with E-state index < -0.39 is 0 Å². The third-order valence-electron chi connectivity index (χ3n) is 9.45. The molecule has 2 aliphatic heterocycles. The maximum Gasteiger partial charge on any atom is 0.242 e. The van der Waals surface area contributed by atoms with Gasteiger partial charge in [0, 0.05) is 0 Å². The predicted octanol–water partition coefficient (Wildman–Crippen LogP) is 5.87. The summed E-state index contributed by atoms with van der Waals surface area (Å²) in [5.41, 5.74) is 20.9. The topological polar surface area (TPSA) is 0 Å². The van der Waals surface area contributed by atoms with Crippen LogP contribution < -0.4 is 16.4 Å². The second-order valence-corrected chi connectivity index (χ2v) is 11.6. The molecule has 11 rings (SSSR count). The summed E-state index contributed by atoms with van der Waals surface area (Å²) in [4.78, 5) is 0. The van der Waals surface area contributed by atoms with Crippen LogP contribution in [0.15, 0.2) is 97.1 Å². The van der Waals surface area contributed by atoms with E-state index in [1.807, 2.05) is 0 Å². The molecule has 0 amide bonds. The van der Waals surface area contributed by atoms with Gasteiger partial charge in [0.1, 0.15) is 0 Å². The third-order valence-corrected chi connectivity index (χ3v) is 9.45. The van der Waals surface area contributed by atoms with Crippen molar-refractivity contribution in [3.63, 3.8) is 0 Å². The van der Waals surface area contributed by atoms with Crippen LogP contribution in [0, 0.1) is 6.92 Å². The molecule has 0 saturated heterocycles. The van der Waals surface area contributed by atoms with Crippen molar-refractivity contribution in [2.24, 2.45) is 0 Å². The number of rotatable bonds is 1. The molecule has 0 radical (unpaired) electrons. The summed E-state index contributed by atoms with van der Waals surface area (Å²) < 4.78 is 0. The van der Waals surface area contributed by atoms with E-state index >= 15 is 0 Å². The fourth-order valence-electron chi connectivity index (χ4n) is 7.50. The Bertz CT molecular complexity index is 1730. The van der Waals surface area contributed by atoms with Crippen LogP contribution in [-0.2, 0) is 38.5 Å². The first-order valence-electron chi connectivity index (χ1n) is 14.2. The summed E-state index contributed by atoms with van der Waals surface area (Å²) >= 11 is 0. The van der Waals surface area contributed by atoms with Crippen LogP contribution in [-0.4, -0.2) is 6.71 Å². The summed E-state index contributed by atoms with van der Waals surface area (Å²) in [6, 6.07) is 37.7. The molecule has 0 spiro atoms. The van der Waals surface area contributed by atoms with E-state index in [-0.39, 0.29) is 0 Å². The van der Waals surface area contributed by atoms with Crippen LogP contribution in [0.5, 0.6) is 0 Å². The fraction of sp³-hybridized carbons (Fsp3) is 0.189. The van der Waals surface area contributed by atoms with Crippen molar-refractivity contribution in [1.29, 1.82) is 0 Å². The van der Waals surface area contributed by atoms with Crippen molar-refractivity contribution in [3.05, 3.63) is 147 Å². The van der Waals surface area contributed by atoms with Crippen molar-refractivity contribution >= 4 is 23.1 Å². The van der Waals surface area contributed by atoms with Crippen LogP contribution >= 0.6 is 0 Å². The Labute approximate surface area is 226 Å². The lowest BCUT2D eigenvalue weighted by Crippen LogP contribution is -2.61. The first-order valence-corrected chi connectivity index (χ1v) is 14.2. The van der Waals surface area contributed by atoms with Crippen molar-refractivity contribution in [1.82, 2.24) is 0 Å². The molecule has 4 bridgehead atoms. The van der Waals surface area contributed by atoms with Crippen LogP contribution in [0.25, 0.3) is 11.1 Å². The number of hydrogen-bond donors (Lipinski definition) is 0. The summed E-state index contributed by atoms with van der Waals surface area (Å²) in [7, 11) is 0. The van der Waals surface area contributed by atoms with Crippen LogP contribution in [0.2, 0.25) is 0 Å². The van der Waals surface area contributed by atoms with E-state index in [0.29, 0.717) is 6.71 Å². The quantitative estimate of drug-likeness (QED) is 0.255. The summed E-state index contributed by atoms with van der Waals surface area (Å²) in [5.74, 6) is 0. The monoisotopic (exact) mass is 486 g/mol. The van der Waals surface area contributed by atoms with Gasteiger partial charge >= 0.3 is 0 Å². The third kappa shape index (κ3) is 3.45. The molecule has 0 aromatic heterocycles. The number of fused-ring (bicyclic) bond motifs is 4. The first-order chi connectivity index (χ1) is 18.7. The molecule has 0 unspecified atom stereocenters. The Morgan fingerprint density at radius 3 is 1.89 bits per heavy atom. The molecule has 0 atom stereocenters. The van der Waals surface area contributed by atoms with E-state index in [0.717, 1.165) is 38.5 Å². The Kier molecular flexibility index (Phi) is 5.02. The average Bonchev–Trinajstić information content (AvgIpc) is 2.95. The number of aryl methyl sites for hydroxylation is 5. The van der Waals surface area contributed by atoms with Gasteiger partial charge in [-0.15, -0.1) is 0 Å². The van der Waals surface area contributed by atoms with Crippen molar-refractivity contribution < 1.29 is 0 Å².